The van der Waals surface area contributed by atoms with Gasteiger partial charge in [0.25, 0.3) is 5.91 Å². The van der Waals surface area contributed by atoms with Crippen LogP contribution in [0.1, 0.15) is 10.4 Å². The van der Waals surface area contributed by atoms with Gasteiger partial charge in [0, 0.05) is 10.9 Å². The van der Waals surface area contributed by atoms with Crippen molar-refractivity contribution in [1.82, 2.24) is 9.97 Å². The third-order valence-electron chi connectivity index (χ3n) is 3.72. The van der Waals surface area contributed by atoms with Crippen LogP contribution in [0.4, 0.5) is 5.82 Å². The second-order valence-electron chi connectivity index (χ2n) is 5.19. The standard InChI is InChI=1S/C15H14N4O2/c16-14(20)10-5-12-13(9-3-1-2-4-11(9)18-12)19-15(10)17-8-6-21-7-8/h1-5,8,18H,6-7H2,(H2,16,20)(H,17,19). The normalized spacial score (nSPS) is 15.2. The van der Waals surface area contributed by atoms with E-state index in [0.717, 1.165) is 21.9 Å². The van der Waals surface area contributed by atoms with Crippen molar-refractivity contribution in [3.05, 3.63) is 35.9 Å². The summed E-state index contributed by atoms with van der Waals surface area (Å²) in [6, 6.07) is 9.84. The van der Waals surface area contributed by atoms with Crippen molar-refractivity contribution in [2.45, 2.75) is 6.04 Å². The third kappa shape index (κ3) is 1.92. The molecule has 1 aliphatic rings. The van der Waals surface area contributed by atoms with Gasteiger partial charge in [0.1, 0.15) is 5.82 Å². The Kier molecular flexibility index (Phi) is 2.58. The number of primary amides is 1. The van der Waals surface area contributed by atoms with Gasteiger partial charge in [-0.1, -0.05) is 18.2 Å². The number of rotatable bonds is 3. The molecular weight excluding hydrogens is 268 g/mol. The number of carbonyl (C=O) groups is 1. The summed E-state index contributed by atoms with van der Waals surface area (Å²) in [5.41, 5.74) is 8.48. The number of hydrogen-bond acceptors (Lipinski definition) is 4. The van der Waals surface area contributed by atoms with Gasteiger partial charge in [-0.25, -0.2) is 4.98 Å². The molecule has 0 atom stereocenters. The Balaban J connectivity index is 1.93. The lowest BCUT2D eigenvalue weighted by Gasteiger charge is -2.27. The van der Waals surface area contributed by atoms with Crippen LogP contribution in [-0.4, -0.2) is 35.1 Å². The van der Waals surface area contributed by atoms with Crippen LogP contribution in [-0.2, 0) is 4.74 Å². The Morgan fingerprint density at radius 2 is 2.14 bits per heavy atom. The number of aromatic amines is 1. The summed E-state index contributed by atoms with van der Waals surface area (Å²) in [6.07, 6.45) is 0. The van der Waals surface area contributed by atoms with E-state index >= 15 is 0 Å². The number of H-pyrrole nitrogens is 1. The highest BCUT2D eigenvalue weighted by molar-refractivity contribution is 6.09. The molecule has 21 heavy (non-hydrogen) atoms. The Bertz CT molecular complexity index is 851. The maximum absolute atomic E-state index is 11.7. The number of fused-ring (bicyclic) bond motifs is 3. The number of nitrogens with two attached hydrogens (primary N) is 1. The molecule has 0 radical (unpaired) electrons. The first kappa shape index (κ1) is 12.2. The molecule has 0 spiro atoms. The molecule has 3 heterocycles. The predicted octanol–water partition coefficient (Wildman–Crippen LogP) is 1.63. The minimum absolute atomic E-state index is 0.179. The number of hydrogen-bond donors (Lipinski definition) is 3. The fourth-order valence-corrected chi connectivity index (χ4v) is 2.57. The van der Waals surface area contributed by atoms with Crippen molar-refractivity contribution < 1.29 is 9.53 Å². The molecule has 0 aliphatic carbocycles. The monoisotopic (exact) mass is 282 g/mol. The highest BCUT2D eigenvalue weighted by Gasteiger charge is 2.22. The van der Waals surface area contributed by atoms with E-state index in [1.165, 1.54) is 0 Å². The lowest BCUT2D eigenvalue weighted by molar-refractivity contribution is 0.0209. The molecule has 4 N–H and O–H groups in total. The lowest BCUT2D eigenvalue weighted by atomic mass is 10.1. The van der Waals surface area contributed by atoms with E-state index in [4.69, 9.17) is 10.5 Å². The molecule has 1 amide bonds. The lowest BCUT2D eigenvalue weighted by Crippen LogP contribution is -2.41. The van der Waals surface area contributed by atoms with Gasteiger partial charge in [-0.2, -0.15) is 0 Å². The minimum atomic E-state index is -0.495. The maximum atomic E-state index is 11.7. The highest BCUT2D eigenvalue weighted by Crippen LogP contribution is 2.27. The van der Waals surface area contributed by atoms with Gasteiger partial charge < -0.3 is 20.8 Å². The molecule has 6 heteroatoms. The van der Waals surface area contributed by atoms with Crippen LogP contribution in [0.25, 0.3) is 21.9 Å². The summed E-state index contributed by atoms with van der Waals surface area (Å²) < 4.78 is 5.14. The number of benzene rings is 1. The van der Waals surface area contributed by atoms with Crippen molar-refractivity contribution in [2.75, 3.05) is 18.5 Å². The molecule has 0 saturated carbocycles. The Morgan fingerprint density at radius 1 is 1.33 bits per heavy atom. The van der Waals surface area contributed by atoms with Gasteiger partial charge in [0.15, 0.2) is 0 Å². The second-order valence-corrected chi connectivity index (χ2v) is 5.19. The molecule has 1 aliphatic heterocycles. The van der Waals surface area contributed by atoms with Crippen LogP contribution < -0.4 is 11.1 Å². The number of carbonyl (C=O) groups excluding carboxylic acids is 1. The molecule has 2 aromatic heterocycles. The Morgan fingerprint density at radius 3 is 2.86 bits per heavy atom. The number of aromatic nitrogens is 2. The van der Waals surface area contributed by atoms with E-state index in [1.54, 1.807) is 6.07 Å². The number of para-hydroxylation sites is 1. The van der Waals surface area contributed by atoms with E-state index in [9.17, 15) is 4.79 Å². The van der Waals surface area contributed by atoms with Gasteiger partial charge in [-0.05, 0) is 12.1 Å². The topological polar surface area (TPSA) is 93.0 Å². The largest absolute Gasteiger partial charge is 0.377 e. The number of pyridine rings is 1. The summed E-state index contributed by atoms with van der Waals surface area (Å²) in [7, 11) is 0. The molecule has 3 aromatic rings. The molecule has 1 fully saturated rings. The fraction of sp³-hybridized carbons (Fsp3) is 0.200. The zero-order valence-corrected chi connectivity index (χ0v) is 11.2. The Hall–Kier alpha value is -2.60. The van der Waals surface area contributed by atoms with Crippen molar-refractivity contribution in [1.29, 1.82) is 0 Å². The first-order chi connectivity index (χ1) is 10.2. The van der Waals surface area contributed by atoms with Gasteiger partial charge in [0.05, 0.1) is 35.9 Å². The summed E-state index contributed by atoms with van der Waals surface area (Å²) in [5, 5.41) is 4.25. The summed E-state index contributed by atoms with van der Waals surface area (Å²) in [5.74, 6) is 0.0267. The maximum Gasteiger partial charge on any atom is 0.252 e. The molecule has 6 nitrogen and oxygen atoms in total. The van der Waals surface area contributed by atoms with Crippen LogP contribution in [0.2, 0.25) is 0 Å². The average molecular weight is 282 g/mol. The zero-order valence-electron chi connectivity index (χ0n) is 11.2. The number of ether oxygens (including phenoxy) is 1. The van der Waals surface area contributed by atoms with Gasteiger partial charge in [0.2, 0.25) is 0 Å². The summed E-state index contributed by atoms with van der Waals surface area (Å²) >= 11 is 0. The number of amides is 1. The molecule has 4 rings (SSSR count). The number of nitrogens with one attached hydrogen (secondary N) is 2. The molecular formula is C15H14N4O2. The molecule has 1 saturated heterocycles. The quantitative estimate of drug-likeness (QED) is 0.680. The minimum Gasteiger partial charge on any atom is -0.377 e. The van der Waals surface area contributed by atoms with Crippen LogP contribution in [0, 0.1) is 0 Å². The second kappa shape index (κ2) is 4.46. The third-order valence-corrected chi connectivity index (χ3v) is 3.72. The van der Waals surface area contributed by atoms with Crippen LogP contribution in [0.5, 0.6) is 0 Å². The number of nitrogens with zero attached hydrogens (tertiary/aromatic N) is 1. The summed E-state index contributed by atoms with van der Waals surface area (Å²) in [6.45, 7) is 1.23. The van der Waals surface area contributed by atoms with Crippen LogP contribution >= 0.6 is 0 Å². The van der Waals surface area contributed by atoms with Crippen LogP contribution in [0.3, 0.4) is 0 Å². The first-order valence-corrected chi connectivity index (χ1v) is 6.78. The zero-order chi connectivity index (χ0) is 14.4. The first-order valence-electron chi connectivity index (χ1n) is 6.78. The van der Waals surface area contributed by atoms with Crippen molar-refractivity contribution in [3.63, 3.8) is 0 Å². The van der Waals surface area contributed by atoms with Crippen molar-refractivity contribution in [3.8, 4) is 0 Å². The predicted molar refractivity (Wildman–Crippen MR) is 80.3 cm³/mol. The van der Waals surface area contributed by atoms with Crippen molar-refractivity contribution in [2.24, 2.45) is 5.73 Å². The van der Waals surface area contributed by atoms with Gasteiger partial charge >= 0.3 is 0 Å². The Labute approximate surface area is 120 Å². The highest BCUT2D eigenvalue weighted by atomic mass is 16.5. The van der Waals surface area contributed by atoms with E-state index in [0.29, 0.717) is 24.6 Å². The molecule has 0 bridgehead atoms. The molecule has 106 valence electrons. The summed E-state index contributed by atoms with van der Waals surface area (Å²) in [4.78, 5) is 19.5. The fourth-order valence-electron chi connectivity index (χ4n) is 2.57. The SMILES string of the molecule is NC(=O)c1cc2[nH]c3ccccc3c2nc1NC1COC1. The molecule has 0 unspecified atom stereocenters. The van der Waals surface area contributed by atoms with E-state index in [-0.39, 0.29) is 6.04 Å². The van der Waals surface area contributed by atoms with Crippen molar-refractivity contribution >= 4 is 33.7 Å². The van der Waals surface area contributed by atoms with E-state index < -0.39 is 5.91 Å². The van der Waals surface area contributed by atoms with E-state index in [2.05, 4.69) is 15.3 Å². The van der Waals surface area contributed by atoms with E-state index in [1.807, 2.05) is 24.3 Å². The van der Waals surface area contributed by atoms with Gasteiger partial charge in [-0.3, -0.25) is 4.79 Å². The number of anilines is 1. The smallest absolute Gasteiger partial charge is 0.252 e. The van der Waals surface area contributed by atoms with Gasteiger partial charge in [-0.15, -0.1) is 0 Å². The molecule has 1 aromatic carbocycles. The van der Waals surface area contributed by atoms with Crippen LogP contribution in [0.15, 0.2) is 30.3 Å². The average Bonchev–Trinajstić information content (AvgIpc) is 2.79.